The normalized spacial score (nSPS) is 13.0. The molecule has 33 N–H and O–H groups in total. The lowest BCUT2D eigenvalue weighted by atomic mass is 10.1. The van der Waals surface area contributed by atoms with Crippen molar-refractivity contribution in [2.24, 2.45) is 68.8 Å². The van der Waals surface area contributed by atoms with Crippen molar-refractivity contribution in [3.63, 3.8) is 0 Å². The van der Waals surface area contributed by atoms with Crippen molar-refractivity contribution in [2.75, 3.05) is 84.6 Å². The van der Waals surface area contributed by atoms with Gasteiger partial charge in [0.05, 0.1) is 36.9 Å². The van der Waals surface area contributed by atoms with Crippen molar-refractivity contribution in [3.05, 3.63) is 40.2 Å². The number of terminal acetylenes is 4. The third-order valence-electron chi connectivity index (χ3n) is 18.2. The van der Waals surface area contributed by atoms with Crippen molar-refractivity contribution in [2.45, 2.75) is 278 Å². The number of carbonyl (C=O) groups is 16. The van der Waals surface area contributed by atoms with Gasteiger partial charge in [0.1, 0.15) is 23.5 Å². The molecule has 5 unspecified atom stereocenters. The monoisotopic (exact) mass is 2080 g/mol. The molecule has 0 aliphatic heterocycles. The van der Waals surface area contributed by atoms with E-state index in [0.717, 1.165) is 82.4 Å². The fourth-order valence-corrected chi connectivity index (χ4v) is 10.8. The van der Waals surface area contributed by atoms with Gasteiger partial charge < -0.3 is 122 Å². The number of benzene rings is 1. The van der Waals surface area contributed by atoms with E-state index >= 15 is 0 Å². The predicted octanol–water partition coefficient (Wildman–Crippen LogP) is -3.84. The van der Waals surface area contributed by atoms with Crippen LogP contribution in [-0.2, 0) is 126 Å². The molecule has 8 amide bonds. The van der Waals surface area contributed by atoms with Crippen molar-refractivity contribution >= 4 is 148 Å². The number of fused-ring (bicyclic) bond motifs is 1. The summed E-state index contributed by atoms with van der Waals surface area (Å²) in [7, 11) is 2.97. The van der Waals surface area contributed by atoms with E-state index in [1.165, 1.54) is 14.2 Å². The average Bonchev–Trinajstić information content (AvgIpc) is 0.809. The highest BCUT2D eigenvalue weighted by Crippen LogP contribution is 2.21. The summed E-state index contributed by atoms with van der Waals surface area (Å²) in [6, 6.07) is 5.01. The quantitative estimate of drug-likeness (QED) is 0.00574. The van der Waals surface area contributed by atoms with Crippen LogP contribution in [0.25, 0.3) is 11.0 Å². The lowest BCUT2D eigenvalue weighted by Gasteiger charge is -2.13. The van der Waals surface area contributed by atoms with E-state index in [4.69, 9.17) is 108 Å². The van der Waals surface area contributed by atoms with Crippen LogP contribution in [0.2, 0.25) is 0 Å². The zero-order valence-corrected chi connectivity index (χ0v) is 83.6. The molecule has 1 heterocycles. The van der Waals surface area contributed by atoms with Gasteiger partial charge in [0.25, 0.3) is 51.8 Å². The van der Waals surface area contributed by atoms with Gasteiger partial charge in [-0.2, -0.15) is 37.9 Å². The molecule has 0 bridgehead atoms. The summed E-state index contributed by atoms with van der Waals surface area (Å²) in [6.07, 6.45) is 31.5. The van der Waals surface area contributed by atoms with Gasteiger partial charge in [-0.3, -0.25) is 123 Å². The van der Waals surface area contributed by atoms with Crippen molar-refractivity contribution < 1.29 is 134 Å². The number of carbonyl (C=O) groups excluding carboxylic acids is 16. The number of nitrogens with two attached hydrogens (primary N) is 12. The molecule has 52 heteroatoms. The molecule has 14 atom stereocenters. The van der Waals surface area contributed by atoms with Crippen molar-refractivity contribution in [3.8, 4) is 55.1 Å². The van der Waals surface area contributed by atoms with E-state index in [2.05, 4.69) is 142 Å². The Labute approximate surface area is 846 Å². The molecule has 0 radical (unpaired) electrons. The van der Waals surface area contributed by atoms with E-state index in [-0.39, 0.29) is 73.6 Å². The first-order valence-electron chi connectivity index (χ1n) is 45.4. The molecule has 1 aromatic carbocycles. The Morgan fingerprint density at radius 3 is 0.979 bits per heavy atom. The number of methoxy groups -OCH3 is 2. The fraction of sp³-hybridized carbons (Fsp3) is 0.633. The average molecular weight is 2080 g/mol. The maximum Gasteiger partial charge on any atom is 0.339 e. The predicted molar refractivity (Wildman–Crippen MR) is 537 cm³/mol. The SMILES string of the molecule is C#CCC(N)C(=O)NCCCC[C@H](N)OC=O.C#CCC(O)C(=O)NCCCC[C@H](N)OC=O.C#CCC(OC)C(=O)NCCCC[C@H](N)OC=O.C#CCCC(=O)NCCCC[C@H](N)OC=O.COc1ccc2cc(CC(=O)NCCCC[C@H](N)OC=O)c(=O)oc2c1.NCC(S)C(=O)NCCCCC(N)OC=O.N[C@@H](CCCCNC(=O)[C@@H](N)CS)OC=O.N[C@H](CS)C(=O)NCCCC[C@H](N)OC=O. The molecule has 1 aromatic heterocycles. The molecule has 0 saturated carbocycles. The summed E-state index contributed by atoms with van der Waals surface area (Å²) < 4.78 is 51.4. The Hall–Kier alpha value is -11.5. The number of aliphatic hydroxyl groups is 1. The van der Waals surface area contributed by atoms with Gasteiger partial charge in [0, 0.05) is 127 Å². The summed E-state index contributed by atoms with van der Waals surface area (Å²) in [6.45, 7) is 6.93. The number of hydrogen-bond acceptors (Lipinski definition) is 44. The second-order valence-corrected chi connectivity index (χ2v) is 31.2. The maximum absolute atomic E-state index is 12.0. The Balaban J connectivity index is -0.000000375. The van der Waals surface area contributed by atoms with Crippen LogP contribution in [0.3, 0.4) is 0 Å². The molecule has 0 aliphatic rings. The third kappa shape index (κ3) is 89.8. The topological polar surface area (TPSA) is 824 Å². The molecule has 0 aliphatic carbocycles. The first-order valence-corrected chi connectivity index (χ1v) is 47.1. The third-order valence-corrected chi connectivity index (χ3v) is 19.5. The number of amides is 8. The fourth-order valence-electron chi connectivity index (χ4n) is 10.3. The minimum Gasteiger partial charge on any atom is -0.497 e. The summed E-state index contributed by atoms with van der Waals surface area (Å²) >= 11 is 11.8. The van der Waals surface area contributed by atoms with E-state index in [9.17, 15) is 86.6 Å². The molecule has 806 valence electrons. The molecule has 2 rings (SSSR count). The van der Waals surface area contributed by atoms with Crippen LogP contribution in [0.15, 0.2) is 33.5 Å². The lowest BCUT2D eigenvalue weighted by molar-refractivity contribution is -0.134. The van der Waals surface area contributed by atoms with Crippen LogP contribution >= 0.6 is 37.9 Å². The van der Waals surface area contributed by atoms with Gasteiger partial charge in [-0.05, 0) is 172 Å². The van der Waals surface area contributed by atoms with Crippen LogP contribution in [0.1, 0.15) is 192 Å². The van der Waals surface area contributed by atoms with Gasteiger partial charge in [-0.15, -0.1) is 49.4 Å². The number of thiol groups is 3. The number of unbranched alkanes of at least 4 members (excludes halogenated alkanes) is 8. The zero-order valence-electron chi connectivity index (χ0n) is 81.0. The molecular weight excluding hydrogens is 1920 g/mol. The zero-order chi connectivity index (χ0) is 108. The number of rotatable bonds is 74. The van der Waals surface area contributed by atoms with Crippen LogP contribution in [0, 0.1) is 49.4 Å². The minimum absolute atomic E-state index is 0.00385. The number of ether oxygens (including phenoxy) is 10. The smallest absolute Gasteiger partial charge is 0.339 e. The summed E-state index contributed by atoms with van der Waals surface area (Å²) in [5.41, 5.74) is 65.3. The molecule has 2 aromatic rings. The highest BCUT2D eigenvalue weighted by Gasteiger charge is 2.20. The van der Waals surface area contributed by atoms with Gasteiger partial charge in [-0.25, -0.2) is 4.79 Å². The van der Waals surface area contributed by atoms with E-state index in [0.29, 0.717) is 222 Å². The molecular formula is C90H154N20O29S3. The van der Waals surface area contributed by atoms with Crippen LogP contribution in [0.4, 0.5) is 0 Å². The molecule has 49 nitrogen and oxygen atoms in total. The van der Waals surface area contributed by atoms with Crippen LogP contribution in [0.5, 0.6) is 5.75 Å². The molecule has 0 saturated heterocycles. The first-order chi connectivity index (χ1) is 67.9. The Bertz CT molecular complexity index is 3810. The number of nitrogens with one attached hydrogen (secondary N) is 8. The first kappa shape index (κ1) is 141. The Morgan fingerprint density at radius 2 is 0.690 bits per heavy atom. The number of aliphatic hydroxyl groups excluding tert-OH is 1. The van der Waals surface area contributed by atoms with Gasteiger partial charge in [0.15, 0.2) is 49.8 Å². The number of hydrogen-bond donors (Lipinski definition) is 24. The largest absolute Gasteiger partial charge is 0.497 e. The van der Waals surface area contributed by atoms with E-state index in [1.807, 2.05) is 0 Å². The minimum atomic E-state index is -1.15. The molecule has 142 heavy (non-hydrogen) atoms. The lowest BCUT2D eigenvalue weighted by Crippen LogP contribution is -2.42. The second-order valence-electron chi connectivity index (χ2n) is 29.8. The Morgan fingerprint density at radius 1 is 0.394 bits per heavy atom. The van der Waals surface area contributed by atoms with E-state index in [1.54, 1.807) is 24.3 Å². The second kappa shape index (κ2) is 101. The van der Waals surface area contributed by atoms with Crippen molar-refractivity contribution in [1.82, 2.24) is 42.5 Å². The van der Waals surface area contributed by atoms with Gasteiger partial charge >= 0.3 is 5.63 Å². The van der Waals surface area contributed by atoms with Crippen molar-refractivity contribution in [1.29, 1.82) is 0 Å². The summed E-state index contributed by atoms with van der Waals surface area (Å²) in [5, 5.41) is 30.9. The molecule has 0 fully saturated rings. The van der Waals surface area contributed by atoms with Crippen LogP contribution in [-0.4, -0.2) is 274 Å². The standard InChI is InChI=1S/C18H22N2O6.C12H20N2O4.C11H19N3O3.C11H18N2O4.C11H18N2O3.3C9H19N3O3S/c1-24-14-6-5-12-8-13(18(23)26-15(12)10-14)9-17(22)20-7-3-2-4-16(19)25-11-21;1-3-6-10(17-2)12(16)14-8-5-4-7-11(13)18-9-15;1-2-5-9(12)11(16)14-7-4-3-6-10(13)17-8-15;1-2-5-9(15)11(16)13-7-4-3-6-10(12)17-8-14;1-2-3-7-11(15)13-8-5-4-6-10(12)16-9-14;2*10-7(5-16)9(14)12-4-2-1-3-8(11)15-6-13;10-5-7(16)9(14)12-4-2-1-3-8(11)15-6-13/h5-6,8,10-11,16H,2-4,7,9,19H2,1H3,(H,20,22);1,9-11H,4-8,13H2,2H3,(H,14,16);1,8-10H,3-7,12-13H2,(H,14,16);1,8-10,15H,3-7,12H2,(H,13,16);1,9-10H,3-8,12H2,(H,13,15);3*6-8,16H,1-5,10-11H2,(H,12,14)/t16-;10?,11-;2*9?,10-;10-;7-,8+;7-,8-;/m1111101./s1. The Kier molecular flexibility index (Phi) is 100. The summed E-state index contributed by atoms with van der Waals surface area (Å²) in [5.74, 6) is 8.72. The maximum atomic E-state index is 12.0. The van der Waals surface area contributed by atoms with E-state index < -0.39 is 96.9 Å². The van der Waals surface area contributed by atoms with Gasteiger partial charge in [-0.1, -0.05) is 0 Å². The van der Waals surface area contributed by atoms with Crippen LogP contribution < -0.4 is 122 Å². The molecule has 0 spiro atoms. The highest BCUT2D eigenvalue weighted by molar-refractivity contribution is 7.81. The van der Waals surface area contributed by atoms with Gasteiger partial charge in [0.2, 0.25) is 47.3 Å². The highest BCUT2D eigenvalue weighted by atomic mass is 32.1. The summed E-state index contributed by atoms with van der Waals surface area (Å²) in [4.78, 5) is 182.